The fourth-order valence-electron chi connectivity index (χ4n) is 2.35. The summed E-state index contributed by atoms with van der Waals surface area (Å²) in [6, 6.07) is 13.1. The highest BCUT2D eigenvalue weighted by Gasteiger charge is 2.19. The van der Waals surface area contributed by atoms with Crippen molar-refractivity contribution in [1.82, 2.24) is 10.6 Å². The first-order valence-corrected chi connectivity index (χ1v) is 9.53. The molecular formula is C21H24ClN3O4. The third-order valence-electron chi connectivity index (χ3n) is 3.81. The van der Waals surface area contributed by atoms with Crippen molar-refractivity contribution in [2.45, 2.75) is 39.5 Å². The standard InChI is InChI=1S/C21H24ClN3O4/c1-13(2)24-21(28)23-12-15-7-9-16(10-8-15)20(27)29-14(3)19(26)25-18-6-4-5-17(22)11-18/h4-11,13-14H,12H2,1-3H3,(H,25,26)(H2,23,24,28)/t14-/m1/s1. The Morgan fingerprint density at radius 2 is 1.72 bits per heavy atom. The minimum absolute atomic E-state index is 0.0465. The SMILES string of the molecule is CC(C)NC(=O)NCc1ccc(C(=O)O[C@H](C)C(=O)Nc2cccc(Cl)c2)cc1. The van der Waals surface area contributed by atoms with E-state index in [1.807, 2.05) is 13.8 Å². The van der Waals surface area contributed by atoms with Crippen LogP contribution in [0.15, 0.2) is 48.5 Å². The van der Waals surface area contributed by atoms with E-state index in [1.54, 1.807) is 48.5 Å². The summed E-state index contributed by atoms with van der Waals surface area (Å²) in [6.07, 6.45) is -0.984. The third kappa shape index (κ3) is 7.46. The minimum Gasteiger partial charge on any atom is -0.449 e. The first-order valence-electron chi connectivity index (χ1n) is 9.15. The molecular weight excluding hydrogens is 394 g/mol. The number of hydrogen-bond donors (Lipinski definition) is 3. The second-order valence-corrected chi connectivity index (χ2v) is 7.16. The van der Waals surface area contributed by atoms with Crippen LogP contribution in [0.4, 0.5) is 10.5 Å². The van der Waals surface area contributed by atoms with E-state index in [9.17, 15) is 14.4 Å². The molecule has 0 unspecified atom stereocenters. The van der Waals surface area contributed by atoms with Crippen molar-refractivity contribution >= 4 is 35.2 Å². The summed E-state index contributed by atoms with van der Waals surface area (Å²) in [7, 11) is 0. The number of carbonyl (C=O) groups is 3. The predicted octanol–water partition coefficient (Wildman–Crippen LogP) is 3.73. The van der Waals surface area contributed by atoms with Gasteiger partial charge in [0, 0.05) is 23.3 Å². The van der Waals surface area contributed by atoms with E-state index in [-0.39, 0.29) is 12.1 Å². The highest BCUT2D eigenvalue weighted by molar-refractivity contribution is 6.30. The molecule has 29 heavy (non-hydrogen) atoms. The molecule has 0 aliphatic heterocycles. The molecule has 1 atom stereocenters. The van der Waals surface area contributed by atoms with E-state index in [0.717, 1.165) is 5.56 Å². The first-order chi connectivity index (χ1) is 13.7. The molecule has 2 aromatic rings. The zero-order valence-corrected chi connectivity index (χ0v) is 17.2. The highest BCUT2D eigenvalue weighted by atomic mass is 35.5. The number of anilines is 1. The zero-order valence-electron chi connectivity index (χ0n) is 16.5. The molecule has 8 heteroatoms. The number of rotatable bonds is 7. The molecule has 0 aromatic heterocycles. The molecule has 0 heterocycles. The molecule has 7 nitrogen and oxygen atoms in total. The largest absolute Gasteiger partial charge is 0.449 e. The molecule has 0 fully saturated rings. The van der Waals surface area contributed by atoms with Crippen molar-refractivity contribution in [2.75, 3.05) is 5.32 Å². The maximum absolute atomic E-state index is 12.3. The van der Waals surface area contributed by atoms with Gasteiger partial charge in [-0.3, -0.25) is 4.79 Å². The van der Waals surface area contributed by atoms with Crippen LogP contribution in [-0.2, 0) is 16.1 Å². The van der Waals surface area contributed by atoms with Gasteiger partial charge >= 0.3 is 12.0 Å². The zero-order chi connectivity index (χ0) is 21.4. The lowest BCUT2D eigenvalue weighted by molar-refractivity contribution is -0.123. The molecule has 0 radical (unpaired) electrons. The van der Waals surface area contributed by atoms with Gasteiger partial charge in [0.25, 0.3) is 5.91 Å². The van der Waals surface area contributed by atoms with E-state index in [4.69, 9.17) is 16.3 Å². The Kier molecular flexibility index (Phi) is 8.03. The smallest absolute Gasteiger partial charge is 0.338 e. The Morgan fingerprint density at radius 1 is 1.03 bits per heavy atom. The van der Waals surface area contributed by atoms with E-state index >= 15 is 0 Å². The highest BCUT2D eigenvalue weighted by Crippen LogP contribution is 2.15. The average Bonchev–Trinajstić information content (AvgIpc) is 2.66. The summed E-state index contributed by atoms with van der Waals surface area (Å²) >= 11 is 5.88. The van der Waals surface area contributed by atoms with Crippen molar-refractivity contribution in [3.05, 3.63) is 64.7 Å². The number of ether oxygens (including phenoxy) is 1. The Balaban J connectivity index is 1.86. The van der Waals surface area contributed by atoms with Crippen LogP contribution in [0.25, 0.3) is 0 Å². The predicted molar refractivity (Wildman–Crippen MR) is 112 cm³/mol. The monoisotopic (exact) mass is 417 g/mol. The van der Waals surface area contributed by atoms with Crippen molar-refractivity contribution in [2.24, 2.45) is 0 Å². The Hall–Kier alpha value is -3.06. The number of benzene rings is 2. The topological polar surface area (TPSA) is 96.5 Å². The van der Waals surface area contributed by atoms with Crippen LogP contribution in [0.3, 0.4) is 0 Å². The molecule has 154 valence electrons. The van der Waals surface area contributed by atoms with Gasteiger partial charge in [0.15, 0.2) is 6.10 Å². The maximum Gasteiger partial charge on any atom is 0.338 e. The molecule has 3 amide bonds. The lowest BCUT2D eigenvalue weighted by Crippen LogP contribution is -2.39. The quantitative estimate of drug-likeness (QED) is 0.598. The second kappa shape index (κ2) is 10.5. The second-order valence-electron chi connectivity index (χ2n) is 6.73. The van der Waals surface area contributed by atoms with Gasteiger partial charge in [0.1, 0.15) is 0 Å². The van der Waals surface area contributed by atoms with Crippen LogP contribution < -0.4 is 16.0 Å². The van der Waals surface area contributed by atoms with Crippen LogP contribution in [0, 0.1) is 0 Å². The van der Waals surface area contributed by atoms with Crippen molar-refractivity contribution in [1.29, 1.82) is 0 Å². The van der Waals surface area contributed by atoms with E-state index in [1.165, 1.54) is 6.92 Å². The number of hydrogen-bond acceptors (Lipinski definition) is 4. The van der Waals surface area contributed by atoms with E-state index in [2.05, 4.69) is 16.0 Å². The fourth-order valence-corrected chi connectivity index (χ4v) is 2.54. The molecule has 3 N–H and O–H groups in total. The first kappa shape index (κ1) is 22.2. The molecule has 2 aromatic carbocycles. The van der Waals surface area contributed by atoms with Crippen LogP contribution in [0.2, 0.25) is 5.02 Å². The Bertz CT molecular complexity index is 868. The summed E-state index contributed by atoms with van der Waals surface area (Å²) in [5.41, 5.74) is 1.65. The third-order valence-corrected chi connectivity index (χ3v) is 4.04. The number of amides is 3. The van der Waals surface area contributed by atoms with Crippen LogP contribution in [0.1, 0.15) is 36.7 Å². The fraction of sp³-hybridized carbons (Fsp3) is 0.286. The molecule has 0 spiro atoms. The summed E-state index contributed by atoms with van der Waals surface area (Å²) in [6.45, 7) is 5.56. The lowest BCUT2D eigenvalue weighted by Gasteiger charge is -2.14. The van der Waals surface area contributed by atoms with Gasteiger partial charge in [-0.15, -0.1) is 0 Å². The summed E-state index contributed by atoms with van der Waals surface area (Å²) in [4.78, 5) is 36.0. The summed E-state index contributed by atoms with van der Waals surface area (Å²) < 4.78 is 5.22. The van der Waals surface area contributed by atoms with Gasteiger partial charge in [-0.1, -0.05) is 29.8 Å². The lowest BCUT2D eigenvalue weighted by atomic mass is 10.1. The number of carbonyl (C=O) groups excluding carboxylic acids is 3. The van der Waals surface area contributed by atoms with E-state index in [0.29, 0.717) is 22.8 Å². The molecule has 0 saturated heterocycles. The van der Waals surface area contributed by atoms with Gasteiger partial charge in [-0.05, 0) is 56.7 Å². The van der Waals surface area contributed by atoms with Crippen molar-refractivity contribution in [3.63, 3.8) is 0 Å². The molecule has 0 aliphatic carbocycles. The van der Waals surface area contributed by atoms with Crippen LogP contribution >= 0.6 is 11.6 Å². The Morgan fingerprint density at radius 3 is 2.34 bits per heavy atom. The van der Waals surface area contributed by atoms with Gasteiger partial charge < -0.3 is 20.7 Å². The van der Waals surface area contributed by atoms with Crippen molar-refractivity contribution in [3.8, 4) is 0 Å². The number of esters is 1. The van der Waals surface area contributed by atoms with E-state index < -0.39 is 18.0 Å². The number of urea groups is 1. The van der Waals surface area contributed by atoms with Gasteiger partial charge in [0.2, 0.25) is 0 Å². The van der Waals surface area contributed by atoms with Crippen molar-refractivity contribution < 1.29 is 19.1 Å². The molecule has 0 bridgehead atoms. The molecule has 0 saturated carbocycles. The van der Waals surface area contributed by atoms with Gasteiger partial charge in [0.05, 0.1) is 5.56 Å². The van der Waals surface area contributed by atoms with Crippen LogP contribution in [0.5, 0.6) is 0 Å². The normalized spacial score (nSPS) is 11.5. The summed E-state index contributed by atoms with van der Waals surface area (Å²) in [5, 5.41) is 8.58. The summed E-state index contributed by atoms with van der Waals surface area (Å²) in [5.74, 6) is -1.08. The van der Waals surface area contributed by atoms with Crippen LogP contribution in [-0.4, -0.2) is 30.1 Å². The number of halogens is 1. The maximum atomic E-state index is 12.3. The van der Waals surface area contributed by atoms with Gasteiger partial charge in [-0.25, -0.2) is 9.59 Å². The molecule has 0 aliphatic rings. The Labute approximate surface area is 174 Å². The molecule has 2 rings (SSSR count). The average molecular weight is 418 g/mol. The van der Waals surface area contributed by atoms with Gasteiger partial charge in [-0.2, -0.15) is 0 Å². The number of nitrogens with one attached hydrogen (secondary N) is 3. The minimum atomic E-state index is -0.984.